The van der Waals surface area contributed by atoms with Crippen molar-refractivity contribution in [3.05, 3.63) is 59.2 Å². The molecule has 0 radical (unpaired) electrons. The van der Waals surface area contributed by atoms with Gasteiger partial charge in [-0.2, -0.15) is 4.98 Å². The Morgan fingerprint density at radius 3 is 2.83 bits per heavy atom. The van der Waals surface area contributed by atoms with E-state index in [4.69, 9.17) is 4.74 Å². The number of carbonyl (C=O) groups is 1. The van der Waals surface area contributed by atoms with Crippen molar-refractivity contribution >= 4 is 22.8 Å². The molecular formula is C27H28FN9O3. The molecule has 1 amide bonds. The summed E-state index contributed by atoms with van der Waals surface area (Å²) in [6.07, 6.45) is 4.51. The van der Waals surface area contributed by atoms with Gasteiger partial charge >= 0.3 is 5.69 Å². The van der Waals surface area contributed by atoms with Crippen LogP contribution >= 0.6 is 0 Å². The van der Waals surface area contributed by atoms with Gasteiger partial charge in [0.15, 0.2) is 11.5 Å². The minimum absolute atomic E-state index is 0.0310. The maximum Gasteiger partial charge on any atom is 0.356 e. The van der Waals surface area contributed by atoms with Gasteiger partial charge in [0, 0.05) is 37.9 Å². The molecule has 2 aliphatic heterocycles. The number of aromatic nitrogens is 7. The van der Waals surface area contributed by atoms with Crippen LogP contribution in [0.4, 0.5) is 10.2 Å². The topological polar surface area (TPSA) is 124 Å². The molecule has 4 bridgehead atoms. The zero-order valence-electron chi connectivity index (χ0n) is 22.4. The molecule has 0 N–H and O–H groups in total. The van der Waals surface area contributed by atoms with Gasteiger partial charge in [-0.15, -0.1) is 5.10 Å². The Bertz CT molecular complexity index is 1710. The number of piperazine rings is 1. The quantitative estimate of drug-likeness (QED) is 0.357. The van der Waals surface area contributed by atoms with Crippen molar-refractivity contribution in [1.29, 1.82) is 0 Å². The lowest BCUT2D eigenvalue weighted by atomic mass is 10.1. The summed E-state index contributed by atoms with van der Waals surface area (Å²) < 4.78 is 24.8. The van der Waals surface area contributed by atoms with Crippen LogP contribution in [0.5, 0.6) is 5.75 Å². The fraction of sp³-hybridized carbons (Fsp3) is 0.370. The number of amides is 1. The van der Waals surface area contributed by atoms with E-state index in [1.54, 1.807) is 28.0 Å². The fourth-order valence-electron chi connectivity index (χ4n) is 5.29. The Hall–Kier alpha value is -4.68. The summed E-state index contributed by atoms with van der Waals surface area (Å²) in [4.78, 5) is 43.5. The predicted octanol–water partition coefficient (Wildman–Crippen LogP) is 2.31. The van der Waals surface area contributed by atoms with Crippen molar-refractivity contribution in [1.82, 2.24) is 39.4 Å². The summed E-state index contributed by atoms with van der Waals surface area (Å²) in [7, 11) is 0. The van der Waals surface area contributed by atoms with Gasteiger partial charge in [-0.3, -0.25) is 9.78 Å². The average Bonchev–Trinajstić information content (AvgIpc) is 3.40. The van der Waals surface area contributed by atoms with Crippen molar-refractivity contribution in [2.24, 2.45) is 0 Å². The average molecular weight is 546 g/mol. The maximum absolute atomic E-state index is 15.7. The van der Waals surface area contributed by atoms with Gasteiger partial charge < -0.3 is 14.5 Å². The second kappa shape index (κ2) is 9.81. The second-order valence-corrected chi connectivity index (χ2v) is 10.2. The largest absolute Gasteiger partial charge is 0.489 e. The van der Waals surface area contributed by atoms with Gasteiger partial charge in [-0.05, 0) is 25.0 Å². The molecule has 6 heterocycles. The van der Waals surface area contributed by atoms with Crippen LogP contribution < -0.4 is 15.3 Å². The number of pyridine rings is 2. The van der Waals surface area contributed by atoms with Gasteiger partial charge in [-0.25, -0.2) is 23.4 Å². The Morgan fingerprint density at radius 1 is 1.25 bits per heavy atom. The van der Waals surface area contributed by atoms with Gasteiger partial charge in [0.05, 0.1) is 23.8 Å². The Morgan fingerprint density at radius 2 is 2.08 bits per heavy atom. The normalized spacial score (nSPS) is 16.9. The number of nitrogens with zero attached hydrogens (tertiary/aromatic N) is 9. The third-order valence-corrected chi connectivity index (χ3v) is 7.23. The fourth-order valence-corrected chi connectivity index (χ4v) is 5.29. The summed E-state index contributed by atoms with van der Waals surface area (Å²) in [6.45, 7) is 11.2. The summed E-state index contributed by atoms with van der Waals surface area (Å²) >= 11 is 0. The van der Waals surface area contributed by atoms with E-state index in [0.29, 0.717) is 54.5 Å². The molecule has 40 heavy (non-hydrogen) atoms. The highest BCUT2D eigenvalue weighted by Crippen LogP contribution is 2.35. The summed E-state index contributed by atoms with van der Waals surface area (Å²) in [5.74, 6) is -0.145. The number of hydrogen-bond donors (Lipinski definition) is 0. The number of halogens is 1. The summed E-state index contributed by atoms with van der Waals surface area (Å²) in [5, 5.41) is 8.54. The first-order valence-electron chi connectivity index (χ1n) is 13.1. The SMILES string of the molecule is C=CC(=O)N1CCN(c2nc(=O)n3c4nc(c(F)cc24)-c2cn(nn2)CCOc2ccnc(C(C)C)c2-3)[C@@H](C)C1. The third-order valence-electron chi connectivity index (χ3n) is 7.23. The Kier molecular flexibility index (Phi) is 6.28. The molecule has 0 aliphatic carbocycles. The smallest absolute Gasteiger partial charge is 0.356 e. The van der Waals surface area contributed by atoms with Crippen molar-refractivity contribution in [2.75, 3.05) is 31.1 Å². The van der Waals surface area contributed by atoms with E-state index in [9.17, 15) is 9.59 Å². The second-order valence-electron chi connectivity index (χ2n) is 10.2. The van der Waals surface area contributed by atoms with E-state index < -0.39 is 11.5 Å². The lowest BCUT2D eigenvalue weighted by Gasteiger charge is -2.40. The number of rotatable bonds is 3. The van der Waals surface area contributed by atoms with Crippen LogP contribution in [0.3, 0.4) is 0 Å². The van der Waals surface area contributed by atoms with Gasteiger partial charge in [0.2, 0.25) is 5.91 Å². The van der Waals surface area contributed by atoms with E-state index >= 15 is 4.39 Å². The van der Waals surface area contributed by atoms with Crippen molar-refractivity contribution < 1.29 is 13.9 Å². The monoisotopic (exact) mass is 545 g/mol. The number of hydrogen-bond acceptors (Lipinski definition) is 9. The molecule has 6 rings (SSSR count). The Balaban J connectivity index is 1.64. The molecular weight excluding hydrogens is 517 g/mol. The standard InChI is InChI=1S/C27H28FN9O3/c1-5-21(38)34-8-9-36(16(4)13-34)25-17-12-18(28)23-19-14-35(33-32-19)10-11-40-20-6-7-29-22(15(2)3)24(20)37(26(17)30-23)27(39)31-25/h5-7,12,14-16H,1,8-11,13H2,2-4H3/t16-/m0/s1. The molecule has 0 saturated carbocycles. The zero-order valence-corrected chi connectivity index (χ0v) is 22.4. The van der Waals surface area contributed by atoms with Gasteiger partial charge in [0.1, 0.15) is 35.2 Å². The van der Waals surface area contributed by atoms with E-state index in [1.165, 1.54) is 16.7 Å². The molecule has 1 saturated heterocycles. The van der Waals surface area contributed by atoms with Crippen LogP contribution in [-0.4, -0.2) is 77.6 Å². The first-order valence-corrected chi connectivity index (χ1v) is 13.1. The molecule has 0 aromatic carbocycles. The molecule has 13 heteroatoms. The van der Waals surface area contributed by atoms with E-state index in [2.05, 4.69) is 31.8 Å². The van der Waals surface area contributed by atoms with Gasteiger partial charge in [0.25, 0.3) is 0 Å². The van der Waals surface area contributed by atoms with Crippen molar-refractivity contribution in [2.45, 2.75) is 39.3 Å². The molecule has 4 aromatic heterocycles. The first kappa shape index (κ1) is 25.6. The lowest BCUT2D eigenvalue weighted by molar-refractivity contribution is -0.126. The lowest BCUT2D eigenvalue weighted by Crippen LogP contribution is -2.54. The number of anilines is 1. The van der Waals surface area contributed by atoms with Crippen molar-refractivity contribution in [3.8, 4) is 22.8 Å². The molecule has 0 spiro atoms. The molecule has 2 aliphatic rings. The molecule has 12 nitrogen and oxygen atoms in total. The van der Waals surface area contributed by atoms with Gasteiger partial charge in [-0.1, -0.05) is 25.6 Å². The predicted molar refractivity (Wildman–Crippen MR) is 145 cm³/mol. The van der Waals surface area contributed by atoms with Crippen LogP contribution in [0.1, 0.15) is 32.4 Å². The van der Waals surface area contributed by atoms with Crippen LogP contribution in [0.25, 0.3) is 28.1 Å². The highest BCUT2D eigenvalue weighted by atomic mass is 19.1. The number of fused-ring (bicyclic) bond motifs is 6. The number of ether oxygens (including phenoxy) is 1. The van der Waals surface area contributed by atoms with Crippen LogP contribution in [0.15, 0.2) is 42.0 Å². The van der Waals surface area contributed by atoms with Crippen LogP contribution in [0, 0.1) is 5.82 Å². The Labute approximate surface area is 228 Å². The molecule has 0 unspecified atom stereocenters. The molecule has 4 aromatic rings. The highest BCUT2D eigenvalue weighted by Gasteiger charge is 2.31. The third kappa shape index (κ3) is 4.17. The molecule has 206 valence electrons. The maximum atomic E-state index is 15.7. The van der Waals surface area contributed by atoms with E-state index in [1.807, 2.05) is 25.7 Å². The minimum atomic E-state index is -0.621. The van der Waals surface area contributed by atoms with E-state index in [-0.39, 0.29) is 41.5 Å². The summed E-state index contributed by atoms with van der Waals surface area (Å²) in [6, 6.07) is 2.81. The van der Waals surface area contributed by atoms with Crippen molar-refractivity contribution in [3.63, 3.8) is 0 Å². The molecule has 1 fully saturated rings. The highest BCUT2D eigenvalue weighted by molar-refractivity contribution is 5.91. The van der Waals surface area contributed by atoms with Crippen LogP contribution in [0.2, 0.25) is 0 Å². The molecule has 1 atom stereocenters. The zero-order chi connectivity index (χ0) is 28.1. The first-order chi connectivity index (χ1) is 19.3. The minimum Gasteiger partial charge on any atom is -0.489 e. The van der Waals surface area contributed by atoms with E-state index in [0.717, 1.165) is 0 Å². The van der Waals surface area contributed by atoms with Crippen LogP contribution in [-0.2, 0) is 11.3 Å². The summed E-state index contributed by atoms with van der Waals surface area (Å²) in [5.41, 5.74) is 0.816. The number of carbonyl (C=O) groups excluding carboxylic acids is 1.